The van der Waals surface area contributed by atoms with E-state index >= 15 is 0 Å². The Balaban J connectivity index is 1.53. The monoisotopic (exact) mass is 378 g/mol. The molecule has 0 saturated carbocycles. The number of H-pyrrole nitrogens is 2. The summed E-state index contributed by atoms with van der Waals surface area (Å²) in [4.78, 5) is 16.7. The van der Waals surface area contributed by atoms with Crippen LogP contribution in [0.4, 0.5) is 0 Å². The van der Waals surface area contributed by atoms with Gasteiger partial charge in [-0.25, -0.2) is 4.98 Å². The molecule has 0 spiro atoms. The van der Waals surface area contributed by atoms with Gasteiger partial charge in [-0.1, -0.05) is 12.1 Å². The molecule has 5 heterocycles. The smallest absolute Gasteiger partial charge is 0.159 e. The highest BCUT2D eigenvalue weighted by atomic mass is 16.3. The molecule has 0 unspecified atom stereocenters. The highest BCUT2D eigenvalue weighted by molar-refractivity contribution is 5.97. The van der Waals surface area contributed by atoms with Crippen molar-refractivity contribution in [3.8, 4) is 33.8 Å². The summed E-state index contributed by atoms with van der Waals surface area (Å²) < 4.78 is 5.22. The van der Waals surface area contributed by atoms with E-state index in [1.54, 1.807) is 31.1 Å². The molecule has 0 aliphatic rings. The Morgan fingerprint density at radius 2 is 1.86 bits per heavy atom. The number of nitrogens with one attached hydrogen (secondary N) is 2. The summed E-state index contributed by atoms with van der Waals surface area (Å²) in [5, 5.41) is 8.60. The van der Waals surface area contributed by atoms with Gasteiger partial charge in [-0.15, -0.1) is 0 Å². The topological polar surface area (TPSA) is 96.3 Å². The van der Waals surface area contributed by atoms with Gasteiger partial charge in [0.25, 0.3) is 0 Å². The van der Waals surface area contributed by atoms with Crippen LogP contribution < -0.4 is 0 Å². The van der Waals surface area contributed by atoms with Gasteiger partial charge in [0, 0.05) is 40.7 Å². The SMILES string of the molecule is c1cncc(-c2ccc3[nH]nc(-c4nc5c(-c6ccoc6)cncc5[nH]4)c3c2)c1. The van der Waals surface area contributed by atoms with Crippen LogP contribution in [0.25, 0.3) is 55.7 Å². The number of aromatic amines is 2. The second kappa shape index (κ2) is 6.13. The van der Waals surface area contributed by atoms with Crippen LogP contribution in [-0.2, 0) is 0 Å². The van der Waals surface area contributed by atoms with E-state index in [0.717, 1.165) is 49.9 Å². The van der Waals surface area contributed by atoms with Crippen LogP contribution in [0.2, 0.25) is 0 Å². The van der Waals surface area contributed by atoms with E-state index in [9.17, 15) is 0 Å². The third kappa shape index (κ3) is 2.52. The van der Waals surface area contributed by atoms with E-state index in [2.05, 4.69) is 37.3 Å². The van der Waals surface area contributed by atoms with Crippen LogP contribution in [-0.4, -0.2) is 30.1 Å². The zero-order chi connectivity index (χ0) is 19.2. The molecule has 0 saturated heterocycles. The minimum Gasteiger partial charge on any atom is -0.472 e. The van der Waals surface area contributed by atoms with Gasteiger partial charge < -0.3 is 9.40 Å². The molecule has 0 radical (unpaired) electrons. The fourth-order valence-corrected chi connectivity index (χ4v) is 3.58. The molecule has 0 aliphatic heterocycles. The summed E-state index contributed by atoms with van der Waals surface area (Å²) in [6.45, 7) is 0. The molecule has 2 N–H and O–H groups in total. The summed E-state index contributed by atoms with van der Waals surface area (Å²) in [5.74, 6) is 0.687. The third-order valence-corrected chi connectivity index (χ3v) is 5.01. The maximum absolute atomic E-state index is 5.22. The van der Waals surface area contributed by atoms with Gasteiger partial charge >= 0.3 is 0 Å². The molecule has 0 atom stereocenters. The fourth-order valence-electron chi connectivity index (χ4n) is 3.58. The Labute approximate surface area is 164 Å². The van der Waals surface area contributed by atoms with E-state index in [4.69, 9.17) is 9.40 Å². The highest BCUT2D eigenvalue weighted by Gasteiger charge is 2.16. The number of rotatable bonds is 3. The lowest BCUT2D eigenvalue weighted by molar-refractivity contribution is 0.568. The zero-order valence-corrected chi connectivity index (χ0v) is 15.1. The molecule has 29 heavy (non-hydrogen) atoms. The highest BCUT2D eigenvalue weighted by Crippen LogP contribution is 2.32. The molecule has 1 aromatic carbocycles. The maximum Gasteiger partial charge on any atom is 0.159 e. The van der Waals surface area contributed by atoms with Gasteiger partial charge in [0.1, 0.15) is 11.2 Å². The van der Waals surface area contributed by atoms with E-state index in [-0.39, 0.29) is 0 Å². The lowest BCUT2D eigenvalue weighted by atomic mass is 10.0. The number of hydrogen-bond acceptors (Lipinski definition) is 5. The van der Waals surface area contributed by atoms with Crippen molar-refractivity contribution in [3.05, 3.63) is 73.7 Å². The lowest BCUT2D eigenvalue weighted by Crippen LogP contribution is -1.83. The average Bonchev–Trinajstić information content (AvgIpc) is 3.52. The molecule has 7 nitrogen and oxygen atoms in total. The predicted molar refractivity (Wildman–Crippen MR) is 110 cm³/mol. The van der Waals surface area contributed by atoms with Crippen molar-refractivity contribution in [3.63, 3.8) is 0 Å². The number of furan rings is 1. The number of aromatic nitrogens is 6. The third-order valence-electron chi connectivity index (χ3n) is 5.01. The average molecular weight is 378 g/mol. The first kappa shape index (κ1) is 15.8. The Hall–Kier alpha value is -4.26. The summed E-state index contributed by atoms with van der Waals surface area (Å²) in [5.41, 5.74) is 7.36. The molecule has 0 aliphatic carbocycles. The van der Waals surface area contributed by atoms with Gasteiger partial charge in [-0.3, -0.25) is 15.1 Å². The van der Waals surface area contributed by atoms with Gasteiger partial charge in [0.15, 0.2) is 5.82 Å². The van der Waals surface area contributed by atoms with Crippen LogP contribution in [0.15, 0.2) is 78.1 Å². The zero-order valence-electron chi connectivity index (χ0n) is 15.1. The van der Waals surface area contributed by atoms with E-state index in [0.29, 0.717) is 5.82 Å². The van der Waals surface area contributed by atoms with Crippen molar-refractivity contribution >= 4 is 21.9 Å². The Morgan fingerprint density at radius 3 is 2.72 bits per heavy atom. The van der Waals surface area contributed by atoms with Crippen molar-refractivity contribution in [2.45, 2.75) is 0 Å². The van der Waals surface area contributed by atoms with Crippen LogP contribution in [0.1, 0.15) is 0 Å². The maximum atomic E-state index is 5.22. The molecule has 5 aromatic heterocycles. The number of pyridine rings is 2. The van der Waals surface area contributed by atoms with Crippen LogP contribution in [0, 0.1) is 0 Å². The fraction of sp³-hybridized carbons (Fsp3) is 0. The second-order valence-corrected chi connectivity index (χ2v) is 6.75. The van der Waals surface area contributed by atoms with Crippen LogP contribution in [0.5, 0.6) is 0 Å². The number of hydrogen-bond donors (Lipinski definition) is 2. The normalized spacial score (nSPS) is 11.4. The molecular weight excluding hydrogens is 364 g/mol. The molecule has 0 bridgehead atoms. The number of imidazole rings is 1. The van der Waals surface area contributed by atoms with E-state index in [1.165, 1.54) is 0 Å². The van der Waals surface area contributed by atoms with Crippen LogP contribution >= 0.6 is 0 Å². The van der Waals surface area contributed by atoms with Gasteiger partial charge in [-0.05, 0) is 29.8 Å². The van der Waals surface area contributed by atoms with Crippen molar-refractivity contribution < 1.29 is 4.42 Å². The molecule has 0 amide bonds. The minimum atomic E-state index is 0.687. The summed E-state index contributed by atoms with van der Waals surface area (Å²) in [7, 11) is 0. The largest absolute Gasteiger partial charge is 0.472 e. The summed E-state index contributed by atoms with van der Waals surface area (Å²) in [6.07, 6.45) is 10.5. The van der Waals surface area contributed by atoms with E-state index in [1.807, 2.05) is 30.5 Å². The van der Waals surface area contributed by atoms with Crippen LogP contribution in [0.3, 0.4) is 0 Å². The second-order valence-electron chi connectivity index (χ2n) is 6.75. The molecule has 0 fully saturated rings. The quantitative estimate of drug-likeness (QED) is 0.460. The number of fused-ring (bicyclic) bond motifs is 2. The van der Waals surface area contributed by atoms with Crippen molar-refractivity contribution in [2.75, 3.05) is 0 Å². The van der Waals surface area contributed by atoms with Crippen molar-refractivity contribution in [1.29, 1.82) is 0 Å². The molecule has 6 aromatic rings. The summed E-state index contributed by atoms with van der Waals surface area (Å²) in [6, 6.07) is 12.1. The lowest BCUT2D eigenvalue weighted by Gasteiger charge is -2.01. The van der Waals surface area contributed by atoms with Gasteiger partial charge in [0.2, 0.25) is 0 Å². The number of nitrogens with zero attached hydrogens (tertiary/aromatic N) is 4. The summed E-state index contributed by atoms with van der Waals surface area (Å²) >= 11 is 0. The van der Waals surface area contributed by atoms with Crippen molar-refractivity contribution in [1.82, 2.24) is 30.1 Å². The van der Waals surface area contributed by atoms with Gasteiger partial charge in [-0.2, -0.15) is 5.10 Å². The molecule has 6 rings (SSSR count). The first-order chi connectivity index (χ1) is 14.4. The number of benzene rings is 1. The molecule has 7 heteroatoms. The first-order valence-corrected chi connectivity index (χ1v) is 9.12. The van der Waals surface area contributed by atoms with Crippen molar-refractivity contribution in [2.24, 2.45) is 0 Å². The Morgan fingerprint density at radius 1 is 0.862 bits per heavy atom. The first-order valence-electron chi connectivity index (χ1n) is 9.12. The molecular formula is C22H14N6O. The minimum absolute atomic E-state index is 0.687. The Kier molecular flexibility index (Phi) is 3.33. The standard InChI is InChI=1S/C22H14N6O/c1-2-14(9-23-6-1)13-3-4-18-16(8-13)21(28-27-18)22-25-19-11-24-10-17(20(19)26-22)15-5-7-29-12-15/h1-12H,(H,25,26)(H,27,28). The predicted octanol–water partition coefficient (Wildman–Crippen LogP) is 4.82. The molecule has 138 valence electrons. The van der Waals surface area contributed by atoms with Gasteiger partial charge in [0.05, 0.1) is 29.8 Å². The van der Waals surface area contributed by atoms with E-state index < -0.39 is 0 Å². The Bertz CT molecular complexity index is 1450.